The van der Waals surface area contributed by atoms with E-state index in [1.165, 1.54) is 0 Å². The average molecular weight is 257 g/mol. The summed E-state index contributed by atoms with van der Waals surface area (Å²) in [5.41, 5.74) is 1.77. The molecule has 0 aliphatic rings. The zero-order valence-corrected chi connectivity index (χ0v) is 9.89. The quantitative estimate of drug-likeness (QED) is 0.888. The van der Waals surface area contributed by atoms with Gasteiger partial charge in [0.15, 0.2) is 0 Å². The molecule has 0 saturated carbocycles. The Bertz CT molecular complexity index is 496. The smallest absolute Gasteiger partial charge is 0.137 e. The molecule has 84 valence electrons. The molecule has 0 fully saturated rings. The Kier molecular flexibility index (Phi) is 3.49. The van der Waals surface area contributed by atoms with Gasteiger partial charge in [0.1, 0.15) is 5.82 Å². The third kappa shape index (κ3) is 2.38. The van der Waals surface area contributed by atoms with Crippen LogP contribution in [-0.2, 0) is 6.42 Å². The maximum atomic E-state index is 8.79. The van der Waals surface area contributed by atoms with Crippen molar-refractivity contribution in [2.75, 3.05) is 6.61 Å². The maximum Gasteiger partial charge on any atom is 0.137 e. The number of hydrogen-bond acceptors (Lipinski definition) is 2. The Hall–Kier alpha value is -1.03. The molecule has 1 heterocycles. The first-order valence-corrected chi connectivity index (χ1v) is 5.56. The van der Waals surface area contributed by atoms with Gasteiger partial charge in [0.25, 0.3) is 0 Å². The molecule has 0 bridgehead atoms. The van der Waals surface area contributed by atoms with E-state index < -0.39 is 0 Å². The average Bonchev–Trinajstić information content (AvgIpc) is 2.71. The third-order valence-electron chi connectivity index (χ3n) is 2.20. The fourth-order valence-electron chi connectivity index (χ4n) is 1.40. The van der Waals surface area contributed by atoms with Gasteiger partial charge in [0.2, 0.25) is 0 Å². The zero-order chi connectivity index (χ0) is 11.5. The van der Waals surface area contributed by atoms with Crippen molar-refractivity contribution in [2.45, 2.75) is 6.42 Å². The van der Waals surface area contributed by atoms with Crippen LogP contribution in [0.1, 0.15) is 5.69 Å². The monoisotopic (exact) mass is 256 g/mol. The topological polar surface area (TPSA) is 48.9 Å². The number of imidazole rings is 1. The van der Waals surface area contributed by atoms with Crippen LogP contribution in [0.3, 0.4) is 0 Å². The highest BCUT2D eigenvalue weighted by molar-refractivity contribution is 6.42. The molecule has 0 aliphatic carbocycles. The molecule has 0 saturated heterocycles. The van der Waals surface area contributed by atoms with Crippen LogP contribution in [-0.4, -0.2) is 21.7 Å². The molecule has 0 unspecified atom stereocenters. The highest BCUT2D eigenvalue weighted by atomic mass is 35.5. The lowest BCUT2D eigenvalue weighted by Gasteiger charge is -1.99. The lowest BCUT2D eigenvalue weighted by Crippen LogP contribution is -1.90. The Balaban J connectivity index is 2.31. The summed E-state index contributed by atoms with van der Waals surface area (Å²) < 4.78 is 0. The van der Waals surface area contributed by atoms with Gasteiger partial charge in [-0.25, -0.2) is 4.98 Å². The van der Waals surface area contributed by atoms with Crippen LogP contribution in [0.4, 0.5) is 0 Å². The van der Waals surface area contributed by atoms with E-state index in [-0.39, 0.29) is 6.61 Å². The fraction of sp³-hybridized carbons (Fsp3) is 0.182. The number of rotatable bonds is 3. The van der Waals surface area contributed by atoms with Crippen molar-refractivity contribution in [1.82, 2.24) is 9.97 Å². The molecule has 5 heteroatoms. The maximum absolute atomic E-state index is 8.79. The van der Waals surface area contributed by atoms with E-state index in [9.17, 15) is 0 Å². The standard InChI is InChI=1S/C11H10Cl2N2O/c12-9-2-1-7(5-10(9)13)11-14-6-8(15-11)3-4-16/h1-2,5-6,16H,3-4H2,(H,14,15). The minimum Gasteiger partial charge on any atom is -0.396 e. The lowest BCUT2D eigenvalue weighted by molar-refractivity contribution is 0.298. The van der Waals surface area contributed by atoms with Crippen molar-refractivity contribution in [1.29, 1.82) is 0 Å². The van der Waals surface area contributed by atoms with Crippen LogP contribution < -0.4 is 0 Å². The van der Waals surface area contributed by atoms with Gasteiger partial charge in [0.05, 0.1) is 10.0 Å². The number of aliphatic hydroxyl groups is 1. The van der Waals surface area contributed by atoms with Crippen LogP contribution in [0.5, 0.6) is 0 Å². The first-order valence-electron chi connectivity index (χ1n) is 4.81. The van der Waals surface area contributed by atoms with Gasteiger partial charge in [0, 0.05) is 30.5 Å². The molecule has 3 nitrogen and oxygen atoms in total. The first kappa shape index (κ1) is 11.5. The number of nitrogens with zero attached hydrogens (tertiary/aromatic N) is 1. The van der Waals surface area contributed by atoms with E-state index in [0.717, 1.165) is 17.1 Å². The Morgan fingerprint density at radius 1 is 1.25 bits per heavy atom. The number of benzene rings is 1. The van der Waals surface area contributed by atoms with Gasteiger partial charge < -0.3 is 10.1 Å². The molecule has 2 rings (SSSR count). The molecule has 1 aromatic heterocycles. The summed E-state index contributed by atoms with van der Waals surface area (Å²) in [5, 5.41) is 9.81. The van der Waals surface area contributed by atoms with Crippen molar-refractivity contribution < 1.29 is 5.11 Å². The van der Waals surface area contributed by atoms with Gasteiger partial charge >= 0.3 is 0 Å². The molecule has 0 spiro atoms. The van der Waals surface area contributed by atoms with Gasteiger partial charge in [-0.3, -0.25) is 0 Å². The van der Waals surface area contributed by atoms with E-state index in [4.69, 9.17) is 28.3 Å². The summed E-state index contributed by atoms with van der Waals surface area (Å²) in [6, 6.07) is 5.33. The van der Waals surface area contributed by atoms with Gasteiger partial charge in [-0.05, 0) is 18.2 Å². The van der Waals surface area contributed by atoms with E-state index in [2.05, 4.69) is 9.97 Å². The molecule has 2 aromatic rings. The molecule has 0 aliphatic heterocycles. The van der Waals surface area contributed by atoms with Crippen LogP contribution >= 0.6 is 23.2 Å². The zero-order valence-electron chi connectivity index (χ0n) is 8.37. The Morgan fingerprint density at radius 3 is 2.75 bits per heavy atom. The number of aromatic nitrogens is 2. The summed E-state index contributed by atoms with van der Waals surface area (Å²) in [7, 11) is 0. The second kappa shape index (κ2) is 4.87. The number of nitrogens with one attached hydrogen (secondary N) is 1. The molecule has 0 atom stereocenters. The van der Waals surface area contributed by atoms with Crippen LogP contribution in [0.25, 0.3) is 11.4 Å². The summed E-state index contributed by atoms with van der Waals surface area (Å²) in [6.07, 6.45) is 2.27. The van der Waals surface area contributed by atoms with E-state index in [0.29, 0.717) is 16.5 Å². The minimum absolute atomic E-state index is 0.100. The highest BCUT2D eigenvalue weighted by Crippen LogP contribution is 2.26. The Morgan fingerprint density at radius 2 is 2.06 bits per heavy atom. The van der Waals surface area contributed by atoms with Crippen molar-refractivity contribution in [3.05, 3.63) is 40.1 Å². The highest BCUT2D eigenvalue weighted by Gasteiger charge is 2.05. The molecular weight excluding hydrogens is 247 g/mol. The summed E-state index contributed by atoms with van der Waals surface area (Å²) in [5.74, 6) is 0.724. The van der Waals surface area contributed by atoms with Crippen LogP contribution in [0.15, 0.2) is 24.4 Å². The number of halogens is 2. The van der Waals surface area contributed by atoms with E-state index >= 15 is 0 Å². The van der Waals surface area contributed by atoms with Crippen molar-refractivity contribution in [2.24, 2.45) is 0 Å². The number of H-pyrrole nitrogens is 1. The van der Waals surface area contributed by atoms with Crippen molar-refractivity contribution in [3.63, 3.8) is 0 Å². The second-order valence-corrected chi connectivity index (χ2v) is 4.17. The predicted octanol–water partition coefficient (Wildman–Crippen LogP) is 2.92. The number of aliphatic hydroxyl groups excluding tert-OH is 1. The van der Waals surface area contributed by atoms with Crippen molar-refractivity contribution in [3.8, 4) is 11.4 Å². The first-order chi connectivity index (χ1) is 7.70. The normalized spacial score (nSPS) is 10.7. The molecular formula is C11H10Cl2N2O. The molecule has 0 radical (unpaired) electrons. The lowest BCUT2D eigenvalue weighted by atomic mass is 10.2. The summed E-state index contributed by atoms with van der Waals surface area (Å²) in [6.45, 7) is 0.100. The van der Waals surface area contributed by atoms with Crippen LogP contribution in [0, 0.1) is 0 Å². The van der Waals surface area contributed by atoms with Gasteiger partial charge in [-0.2, -0.15) is 0 Å². The molecule has 16 heavy (non-hydrogen) atoms. The number of aromatic amines is 1. The summed E-state index contributed by atoms with van der Waals surface area (Å²) >= 11 is 11.7. The molecule has 1 aromatic carbocycles. The summed E-state index contributed by atoms with van der Waals surface area (Å²) in [4.78, 5) is 7.31. The SMILES string of the molecule is OCCc1cnc(-c2ccc(Cl)c(Cl)c2)[nH]1. The van der Waals surface area contributed by atoms with Gasteiger partial charge in [-0.15, -0.1) is 0 Å². The molecule has 0 amide bonds. The number of hydrogen-bond donors (Lipinski definition) is 2. The van der Waals surface area contributed by atoms with E-state index in [1.807, 2.05) is 6.07 Å². The third-order valence-corrected chi connectivity index (χ3v) is 2.94. The largest absolute Gasteiger partial charge is 0.396 e. The van der Waals surface area contributed by atoms with Crippen LogP contribution in [0.2, 0.25) is 10.0 Å². The van der Waals surface area contributed by atoms with E-state index in [1.54, 1.807) is 18.3 Å². The second-order valence-electron chi connectivity index (χ2n) is 3.36. The Labute approximate surface area is 103 Å². The molecule has 2 N–H and O–H groups in total. The minimum atomic E-state index is 0.100. The van der Waals surface area contributed by atoms with Gasteiger partial charge in [-0.1, -0.05) is 23.2 Å². The predicted molar refractivity (Wildman–Crippen MR) is 64.8 cm³/mol. The fourth-order valence-corrected chi connectivity index (χ4v) is 1.69. The van der Waals surface area contributed by atoms with Crippen molar-refractivity contribution >= 4 is 23.2 Å².